The van der Waals surface area contributed by atoms with Crippen molar-refractivity contribution in [3.63, 3.8) is 0 Å². The number of rotatable bonds is 6. The van der Waals surface area contributed by atoms with Crippen molar-refractivity contribution in [2.45, 2.75) is 6.92 Å². The van der Waals surface area contributed by atoms with E-state index in [4.69, 9.17) is 4.74 Å². The summed E-state index contributed by atoms with van der Waals surface area (Å²) in [5, 5.41) is 16.0. The molecule has 8 heteroatoms. The van der Waals surface area contributed by atoms with E-state index >= 15 is 0 Å². The largest absolute Gasteiger partial charge is 0.495 e. The van der Waals surface area contributed by atoms with Gasteiger partial charge in [0.15, 0.2) is 0 Å². The van der Waals surface area contributed by atoms with Crippen LogP contribution in [0.3, 0.4) is 0 Å². The van der Waals surface area contributed by atoms with Gasteiger partial charge in [0.25, 0.3) is 5.69 Å². The van der Waals surface area contributed by atoms with Crippen LogP contribution in [0.4, 0.5) is 17.1 Å². The first-order chi connectivity index (χ1) is 12.4. The van der Waals surface area contributed by atoms with Crippen LogP contribution < -0.4 is 15.4 Å². The van der Waals surface area contributed by atoms with E-state index in [9.17, 15) is 19.7 Å². The minimum Gasteiger partial charge on any atom is -0.495 e. The normalized spacial score (nSPS) is 10.4. The quantitative estimate of drug-likeness (QED) is 0.469. The zero-order valence-electron chi connectivity index (χ0n) is 14.2. The maximum absolute atomic E-state index is 12.1. The average Bonchev–Trinajstić information content (AvgIpc) is 2.60. The molecule has 134 valence electrons. The molecule has 0 bridgehead atoms. The molecule has 0 aliphatic carbocycles. The van der Waals surface area contributed by atoms with E-state index in [-0.39, 0.29) is 11.6 Å². The number of nitrogens with zero attached hydrogens (tertiary/aromatic N) is 1. The van der Waals surface area contributed by atoms with Crippen LogP contribution in [0.25, 0.3) is 6.08 Å². The Morgan fingerprint density at radius 2 is 1.92 bits per heavy atom. The number of nitrogens with one attached hydrogen (secondary N) is 2. The van der Waals surface area contributed by atoms with Crippen molar-refractivity contribution in [2.75, 3.05) is 17.7 Å². The number of hydrogen-bond acceptors (Lipinski definition) is 5. The van der Waals surface area contributed by atoms with Crippen LogP contribution in [0, 0.1) is 10.1 Å². The molecule has 0 spiro atoms. The van der Waals surface area contributed by atoms with Crippen LogP contribution in [0.1, 0.15) is 12.5 Å². The van der Waals surface area contributed by atoms with Gasteiger partial charge in [-0.05, 0) is 29.8 Å². The summed E-state index contributed by atoms with van der Waals surface area (Å²) in [4.78, 5) is 33.5. The van der Waals surface area contributed by atoms with Crippen molar-refractivity contribution in [3.8, 4) is 5.75 Å². The lowest BCUT2D eigenvalue weighted by Crippen LogP contribution is -2.10. The van der Waals surface area contributed by atoms with Crippen LogP contribution >= 0.6 is 0 Å². The lowest BCUT2D eigenvalue weighted by molar-refractivity contribution is -0.384. The number of non-ortho nitro benzene ring substituents is 1. The van der Waals surface area contributed by atoms with Gasteiger partial charge in [-0.25, -0.2) is 0 Å². The highest BCUT2D eigenvalue weighted by molar-refractivity contribution is 6.03. The number of hydrogen-bond donors (Lipinski definition) is 2. The van der Waals surface area contributed by atoms with Gasteiger partial charge in [-0.2, -0.15) is 0 Å². The minimum atomic E-state index is -0.504. The molecule has 0 fully saturated rings. The zero-order valence-corrected chi connectivity index (χ0v) is 14.2. The number of carbonyl (C=O) groups is 2. The average molecular weight is 355 g/mol. The molecule has 0 radical (unpaired) electrons. The van der Waals surface area contributed by atoms with E-state index in [1.165, 1.54) is 44.4 Å². The lowest BCUT2D eigenvalue weighted by atomic mass is 10.2. The van der Waals surface area contributed by atoms with Crippen LogP contribution in [0.2, 0.25) is 0 Å². The first-order valence-electron chi connectivity index (χ1n) is 7.58. The molecule has 0 atom stereocenters. The van der Waals surface area contributed by atoms with Crippen LogP contribution in [0.5, 0.6) is 5.75 Å². The molecule has 26 heavy (non-hydrogen) atoms. The summed E-state index contributed by atoms with van der Waals surface area (Å²) in [5.74, 6) is -0.260. The molecule has 0 saturated carbocycles. The molecule has 0 aliphatic heterocycles. The maximum atomic E-state index is 12.1. The highest BCUT2D eigenvalue weighted by Crippen LogP contribution is 2.28. The van der Waals surface area contributed by atoms with E-state index in [1.807, 2.05) is 0 Å². The van der Waals surface area contributed by atoms with Crippen molar-refractivity contribution < 1.29 is 19.2 Å². The molecule has 2 aromatic rings. The molecule has 0 aliphatic rings. The van der Waals surface area contributed by atoms with E-state index in [0.29, 0.717) is 22.7 Å². The second-order valence-corrected chi connectivity index (χ2v) is 5.27. The fraction of sp³-hybridized carbons (Fsp3) is 0.111. The molecule has 0 aromatic heterocycles. The van der Waals surface area contributed by atoms with Gasteiger partial charge >= 0.3 is 0 Å². The molecule has 2 N–H and O–H groups in total. The Labute approximate surface area is 149 Å². The Bertz CT molecular complexity index is 877. The van der Waals surface area contributed by atoms with Gasteiger partial charge in [-0.15, -0.1) is 0 Å². The number of amides is 2. The van der Waals surface area contributed by atoms with Crippen LogP contribution in [0.15, 0.2) is 48.5 Å². The Balaban J connectivity index is 2.15. The Morgan fingerprint density at radius 1 is 1.15 bits per heavy atom. The topological polar surface area (TPSA) is 111 Å². The third-order valence-electron chi connectivity index (χ3n) is 3.29. The van der Waals surface area contributed by atoms with Crippen molar-refractivity contribution >= 4 is 35.0 Å². The molecular formula is C18H17N3O5. The number of nitro benzene ring substituents is 1. The third kappa shape index (κ3) is 5.17. The zero-order chi connectivity index (χ0) is 19.1. The predicted molar refractivity (Wildman–Crippen MR) is 98.1 cm³/mol. The van der Waals surface area contributed by atoms with Gasteiger partial charge < -0.3 is 15.4 Å². The summed E-state index contributed by atoms with van der Waals surface area (Å²) in [5.41, 5.74) is 1.36. The van der Waals surface area contributed by atoms with E-state index < -0.39 is 10.8 Å². The summed E-state index contributed by atoms with van der Waals surface area (Å²) >= 11 is 0. The van der Waals surface area contributed by atoms with Gasteiger partial charge in [0.2, 0.25) is 11.8 Å². The SMILES string of the molecule is COc1ccc(NC(C)=O)cc1NC(=O)/C=C/c1cccc([N+](=O)[O-])c1. The fourth-order valence-electron chi connectivity index (χ4n) is 2.18. The number of anilines is 2. The number of benzene rings is 2. The summed E-state index contributed by atoms with van der Waals surface area (Å²) in [6.07, 6.45) is 2.72. The number of methoxy groups -OCH3 is 1. The monoisotopic (exact) mass is 355 g/mol. The molecule has 0 saturated heterocycles. The van der Waals surface area contributed by atoms with Crippen molar-refractivity contribution in [3.05, 3.63) is 64.2 Å². The van der Waals surface area contributed by atoms with Gasteiger partial charge in [-0.1, -0.05) is 12.1 Å². The molecule has 8 nitrogen and oxygen atoms in total. The Hall–Kier alpha value is -3.68. The molecular weight excluding hydrogens is 338 g/mol. The molecule has 2 amide bonds. The smallest absolute Gasteiger partial charge is 0.270 e. The third-order valence-corrected chi connectivity index (χ3v) is 3.29. The Kier molecular flexibility index (Phi) is 6.05. The Morgan fingerprint density at radius 3 is 2.58 bits per heavy atom. The second-order valence-electron chi connectivity index (χ2n) is 5.27. The number of nitro groups is 1. The highest BCUT2D eigenvalue weighted by Gasteiger charge is 2.08. The van der Waals surface area contributed by atoms with Crippen LogP contribution in [-0.2, 0) is 9.59 Å². The fourth-order valence-corrected chi connectivity index (χ4v) is 2.18. The molecule has 2 rings (SSSR count). The molecule has 0 unspecified atom stereocenters. The molecule has 2 aromatic carbocycles. The van der Waals surface area contributed by atoms with Gasteiger partial charge in [0, 0.05) is 30.8 Å². The summed E-state index contributed by atoms with van der Waals surface area (Å²) < 4.78 is 5.18. The number of carbonyl (C=O) groups excluding carboxylic acids is 2. The predicted octanol–water partition coefficient (Wildman–Crippen LogP) is 3.21. The maximum Gasteiger partial charge on any atom is 0.270 e. The first kappa shape index (κ1) is 18.7. The van der Waals surface area contributed by atoms with Gasteiger partial charge in [0.1, 0.15) is 5.75 Å². The standard InChI is InChI=1S/C18H17N3O5/c1-12(22)19-14-7-8-17(26-2)16(11-14)20-18(23)9-6-13-4-3-5-15(10-13)21(24)25/h3-11H,1-2H3,(H,19,22)(H,20,23)/b9-6+. The van der Waals surface area contributed by atoms with Gasteiger partial charge in [0.05, 0.1) is 17.7 Å². The lowest BCUT2D eigenvalue weighted by Gasteiger charge is -2.11. The minimum absolute atomic E-state index is 0.0581. The summed E-state index contributed by atoms with van der Waals surface area (Å²) in [7, 11) is 1.46. The first-order valence-corrected chi connectivity index (χ1v) is 7.58. The second kappa shape index (κ2) is 8.43. The molecule has 0 heterocycles. The van der Waals surface area contributed by atoms with Crippen molar-refractivity contribution in [1.82, 2.24) is 0 Å². The number of ether oxygens (including phenoxy) is 1. The van der Waals surface area contributed by atoms with E-state index in [2.05, 4.69) is 10.6 Å². The van der Waals surface area contributed by atoms with Crippen molar-refractivity contribution in [2.24, 2.45) is 0 Å². The van der Waals surface area contributed by atoms with Gasteiger partial charge in [-0.3, -0.25) is 19.7 Å². The van der Waals surface area contributed by atoms with E-state index in [0.717, 1.165) is 0 Å². The van der Waals surface area contributed by atoms with Crippen molar-refractivity contribution in [1.29, 1.82) is 0 Å². The summed E-state index contributed by atoms with van der Waals surface area (Å²) in [6.45, 7) is 1.38. The highest BCUT2D eigenvalue weighted by atomic mass is 16.6. The van der Waals surface area contributed by atoms with Crippen LogP contribution in [-0.4, -0.2) is 23.8 Å². The summed E-state index contributed by atoms with van der Waals surface area (Å²) in [6, 6.07) is 10.8. The van der Waals surface area contributed by atoms with E-state index in [1.54, 1.807) is 24.3 Å².